The normalized spacial score (nSPS) is 9.17. The van der Waals surface area contributed by atoms with Crippen LogP contribution in [0.2, 0.25) is 0 Å². The summed E-state index contributed by atoms with van der Waals surface area (Å²) < 4.78 is 0. The topological polar surface area (TPSA) is 41.6 Å². The van der Waals surface area contributed by atoms with E-state index >= 15 is 0 Å². The maximum atomic E-state index is 4.16. The molecule has 0 bridgehead atoms. The average molecular weight is 181 g/mol. The van der Waals surface area contributed by atoms with E-state index in [4.69, 9.17) is 0 Å². The second-order valence-corrected chi connectivity index (χ2v) is 3.29. The van der Waals surface area contributed by atoms with Crippen LogP contribution in [0.15, 0.2) is 5.16 Å². The fraction of sp³-hybridized carbons (Fsp3) is 0.500. The van der Waals surface area contributed by atoms with Crippen molar-refractivity contribution in [2.45, 2.75) is 25.4 Å². The molecule has 0 aliphatic carbocycles. The van der Waals surface area contributed by atoms with E-state index in [1.54, 1.807) is 11.8 Å². The molecule has 0 aliphatic rings. The molecule has 4 heteroatoms. The van der Waals surface area contributed by atoms with Crippen molar-refractivity contribution < 1.29 is 0 Å². The Labute approximate surface area is 76.4 Å². The van der Waals surface area contributed by atoms with Gasteiger partial charge in [0.25, 0.3) is 0 Å². The molecule has 1 heterocycles. The largest absolute Gasteiger partial charge is 0.262 e. The predicted molar refractivity (Wildman–Crippen MR) is 49.9 cm³/mol. The lowest BCUT2D eigenvalue weighted by molar-refractivity contribution is 0.968. The van der Waals surface area contributed by atoms with Crippen LogP contribution in [0.4, 0.5) is 0 Å². The second kappa shape index (κ2) is 4.83. The van der Waals surface area contributed by atoms with E-state index in [9.17, 15) is 0 Å². The van der Waals surface area contributed by atoms with Crippen LogP contribution in [0, 0.1) is 18.8 Å². The van der Waals surface area contributed by atoms with Gasteiger partial charge in [0.1, 0.15) is 5.82 Å². The molecule has 1 aromatic rings. The highest BCUT2D eigenvalue weighted by atomic mass is 32.2. The van der Waals surface area contributed by atoms with E-state index in [1.165, 1.54) is 0 Å². The third-order valence-electron chi connectivity index (χ3n) is 1.21. The van der Waals surface area contributed by atoms with Crippen LogP contribution in [0.1, 0.15) is 19.2 Å². The molecule has 0 atom stereocenters. The summed E-state index contributed by atoms with van der Waals surface area (Å²) in [7, 11) is 0. The Morgan fingerprint density at radius 2 is 2.42 bits per heavy atom. The number of aromatic nitrogens is 3. The molecule has 0 saturated heterocycles. The van der Waals surface area contributed by atoms with Crippen LogP contribution in [0.25, 0.3) is 0 Å². The average Bonchev–Trinajstić information content (AvgIpc) is 2.45. The van der Waals surface area contributed by atoms with E-state index in [0.29, 0.717) is 0 Å². The Kier molecular flexibility index (Phi) is 3.68. The molecule has 0 amide bonds. The van der Waals surface area contributed by atoms with Crippen molar-refractivity contribution in [2.75, 3.05) is 5.75 Å². The van der Waals surface area contributed by atoms with E-state index in [2.05, 4.69) is 27.0 Å². The molecule has 64 valence electrons. The van der Waals surface area contributed by atoms with Gasteiger partial charge in [-0.15, -0.1) is 16.9 Å². The Morgan fingerprint density at radius 1 is 1.58 bits per heavy atom. The van der Waals surface area contributed by atoms with Crippen LogP contribution in [0.3, 0.4) is 0 Å². The van der Waals surface area contributed by atoms with Crippen molar-refractivity contribution in [1.29, 1.82) is 0 Å². The van der Waals surface area contributed by atoms with Crippen LogP contribution in [-0.4, -0.2) is 20.9 Å². The quantitative estimate of drug-likeness (QED) is 0.437. The van der Waals surface area contributed by atoms with Gasteiger partial charge in [0.15, 0.2) is 0 Å². The molecule has 0 aromatic carbocycles. The maximum absolute atomic E-state index is 4.16. The smallest absolute Gasteiger partial charge is 0.208 e. The number of aromatic amines is 1. The van der Waals surface area contributed by atoms with E-state index in [1.807, 2.05) is 13.8 Å². The summed E-state index contributed by atoms with van der Waals surface area (Å²) in [6, 6.07) is 0. The van der Waals surface area contributed by atoms with Crippen molar-refractivity contribution in [1.82, 2.24) is 15.2 Å². The Bertz CT molecular complexity index is 295. The van der Waals surface area contributed by atoms with Crippen LogP contribution in [-0.2, 0) is 0 Å². The van der Waals surface area contributed by atoms with Gasteiger partial charge in [0.05, 0.1) is 0 Å². The standard InChI is InChI=1S/C8H11N3S/c1-3-4-5-6-12-8-9-7(2)10-11-8/h5-6H2,1-2H3,(H,9,10,11). The van der Waals surface area contributed by atoms with Gasteiger partial charge in [-0.25, -0.2) is 4.98 Å². The predicted octanol–water partition coefficient (Wildman–Crippen LogP) is 1.62. The lowest BCUT2D eigenvalue weighted by atomic mass is 10.5. The molecule has 0 spiro atoms. The first-order chi connectivity index (χ1) is 5.83. The first-order valence-corrected chi connectivity index (χ1v) is 4.73. The Morgan fingerprint density at radius 3 is 3.00 bits per heavy atom. The minimum absolute atomic E-state index is 0.811. The molecule has 1 N–H and O–H groups in total. The molecule has 0 radical (unpaired) electrons. The third kappa shape index (κ3) is 2.97. The number of H-pyrrole nitrogens is 1. The third-order valence-corrected chi connectivity index (χ3v) is 2.06. The number of hydrogen-bond donors (Lipinski definition) is 1. The zero-order valence-electron chi connectivity index (χ0n) is 7.22. The molecule has 1 rings (SSSR count). The fourth-order valence-corrected chi connectivity index (χ4v) is 1.40. The summed E-state index contributed by atoms with van der Waals surface area (Å²) in [5.74, 6) is 7.65. The molecule has 0 unspecified atom stereocenters. The fourth-order valence-electron chi connectivity index (χ4n) is 0.705. The van der Waals surface area contributed by atoms with Gasteiger partial charge in [0, 0.05) is 12.2 Å². The van der Waals surface area contributed by atoms with Crippen LogP contribution in [0.5, 0.6) is 0 Å². The Balaban J connectivity index is 2.27. The molecule has 0 aliphatic heterocycles. The van der Waals surface area contributed by atoms with Gasteiger partial charge in [-0.2, -0.15) is 0 Å². The van der Waals surface area contributed by atoms with Gasteiger partial charge in [-0.05, 0) is 13.8 Å². The minimum Gasteiger partial charge on any atom is -0.262 e. The summed E-state index contributed by atoms with van der Waals surface area (Å²) in [6.07, 6.45) is 0.898. The lowest BCUT2D eigenvalue weighted by Gasteiger charge is -1.88. The zero-order chi connectivity index (χ0) is 8.81. The molecule has 3 nitrogen and oxygen atoms in total. The number of nitrogens with zero attached hydrogens (tertiary/aromatic N) is 2. The van der Waals surface area contributed by atoms with Crippen molar-refractivity contribution in [3.05, 3.63) is 5.82 Å². The summed E-state index contributed by atoms with van der Waals surface area (Å²) >= 11 is 1.63. The number of thioether (sulfide) groups is 1. The van der Waals surface area contributed by atoms with E-state index < -0.39 is 0 Å². The highest BCUT2D eigenvalue weighted by Gasteiger charge is 1.97. The first kappa shape index (κ1) is 9.14. The van der Waals surface area contributed by atoms with Crippen molar-refractivity contribution in [3.8, 4) is 11.8 Å². The minimum atomic E-state index is 0.811. The van der Waals surface area contributed by atoms with Gasteiger partial charge in [0.2, 0.25) is 5.16 Å². The summed E-state index contributed by atoms with van der Waals surface area (Å²) in [5, 5.41) is 7.59. The highest BCUT2D eigenvalue weighted by Crippen LogP contribution is 2.12. The number of hydrogen-bond acceptors (Lipinski definition) is 3. The number of nitrogens with one attached hydrogen (secondary N) is 1. The van der Waals surface area contributed by atoms with E-state index in [0.717, 1.165) is 23.2 Å². The van der Waals surface area contributed by atoms with Crippen molar-refractivity contribution >= 4 is 11.8 Å². The lowest BCUT2D eigenvalue weighted by Crippen LogP contribution is -1.79. The van der Waals surface area contributed by atoms with Gasteiger partial charge < -0.3 is 0 Å². The molecule has 0 saturated carbocycles. The van der Waals surface area contributed by atoms with Crippen molar-refractivity contribution in [2.24, 2.45) is 0 Å². The molecular formula is C8H11N3S. The number of rotatable bonds is 3. The van der Waals surface area contributed by atoms with Gasteiger partial charge in [-0.3, -0.25) is 5.10 Å². The highest BCUT2D eigenvalue weighted by molar-refractivity contribution is 7.99. The van der Waals surface area contributed by atoms with E-state index in [-0.39, 0.29) is 0 Å². The van der Waals surface area contributed by atoms with Gasteiger partial charge in [-0.1, -0.05) is 11.8 Å². The maximum Gasteiger partial charge on any atom is 0.208 e. The molecule has 1 aromatic heterocycles. The summed E-state index contributed by atoms with van der Waals surface area (Å²) in [4.78, 5) is 4.16. The molecule has 0 fully saturated rings. The van der Waals surface area contributed by atoms with Crippen molar-refractivity contribution in [3.63, 3.8) is 0 Å². The van der Waals surface area contributed by atoms with Crippen LogP contribution >= 0.6 is 11.8 Å². The van der Waals surface area contributed by atoms with Gasteiger partial charge >= 0.3 is 0 Å². The number of aryl methyl sites for hydroxylation is 1. The van der Waals surface area contributed by atoms with Crippen LogP contribution < -0.4 is 0 Å². The Hall–Kier alpha value is -0.950. The SMILES string of the molecule is CC#CCCSc1n[nH]c(C)n1. The molecular weight excluding hydrogens is 170 g/mol. The molecule has 12 heavy (non-hydrogen) atoms. The second-order valence-electron chi connectivity index (χ2n) is 2.23. The summed E-state index contributed by atoms with van der Waals surface area (Å²) in [5.41, 5.74) is 0. The first-order valence-electron chi connectivity index (χ1n) is 3.74. The zero-order valence-corrected chi connectivity index (χ0v) is 8.03. The summed E-state index contributed by atoms with van der Waals surface area (Å²) in [6.45, 7) is 3.74. The monoisotopic (exact) mass is 181 g/mol.